The van der Waals surface area contributed by atoms with Gasteiger partial charge in [-0.05, 0) is 18.1 Å². The van der Waals surface area contributed by atoms with E-state index in [1.54, 1.807) is 6.92 Å². The molecule has 0 aromatic heterocycles. The standard InChI is InChI=1S/C19H21NO/c1-15(21)18-13-20(12-16-8-4-2-5-9-16)14-19(18)17-10-6-3-7-11-17/h2-11,18-19H,12-14H2,1H3/t18-,19-/m1/s1. The summed E-state index contributed by atoms with van der Waals surface area (Å²) in [6.45, 7) is 4.48. The molecule has 21 heavy (non-hydrogen) atoms. The Hall–Kier alpha value is -1.93. The topological polar surface area (TPSA) is 20.3 Å². The molecule has 1 aliphatic heterocycles. The van der Waals surface area contributed by atoms with Crippen LogP contribution in [0.1, 0.15) is 24.0 Å². The number of carbonyl (C=O) groups is 1. The fourth-order valence-corrected chi connectivity index (χ4v) is 3.31. The fourth-order valence-electron chi connectivity index (χ4n) is 3.31. The fraction of sp³-hybridized carbons (Fsp3) is 0.316. The molecule has 0 bridgehead atoms. The van der Waals surface area contributed by atoms with Gasteiger partial charge in [0.1, 0.15) is 5.78 Å². The Bertz CT molecular complexity index is 593. The molecule has 0 unspecified atom stereocenters. The number of carbonyl (C=O) groups excluding carboxylic acids is 1. The highest BCUT2D eigenvalue weighted by Crippen LogP contribution is 2.33. The van der Waals surface area contributed by atoms with Crippen molar-refractivity contribution in [1.29, 1.82) is 0 Å². The lowest BCUT2D eigenvalue weighted by molar-refractivity contribution is -0.120. The summed E-state index contributed by atoms with van der Waals surface area (Å²) >= 11 is 0. The molecule has 0 radical (unpaired) electrons. The quantitative estimate of drug-likeness (QED) is 0.854. The second-order valence-electron chi connectivity index (χ2n) is 5.91. The van der Waals surface area contributed by atoms with Crippen LogP contribution in [0, 0.1) is 5.92 Å². The van der Waals surface area contributed by atoms with E-state index in [1.807, 2.05) is 12.1 Å². The van der Waals surface area contributed by atoms with Crippen LogP contribution in [0.3, 0.4) is 0 Å². The highest BCUT2D eigenvalue weighted by Gasteiger charge is 2.36. The summed E-state index contributed by atoms with van der Waals surface area (Å²) in [6.07, 6.45) is 0. The lowest BCUT2D eigenvalue weighted by atomic mass is 9.87. The third-order valence-corrected chi connectivity index (χ3v) is 4.39. The summed E-state index contributed by atoms with van der Waals surface area (Å²) < 4.78 is 0. The van der Waals surface area contributed by atoms with Crippen molar-refractivity contribution in [3.63, 3.8) is 0 Å². The largest absolute Gasteiger partial charge is 0.300 e. The van der Waals surface area contributed by atoms with E-state index < -0.39 is 0 Å². The van der Waals surface area contributed by atoms with Gasteiger partial charge in [0.2, 0.25) is 0 Å². The third kappa shape index (κ3) is 3.22. The predicted molar refractivity (Wildman–Crippen MR) is 85.1 cm³/mol. The van der Waals surface area contributed by atoms with Crippen LogP contribution in [0.15, 0.2) is 60.7 Å². The Morgan fingerprint density at radius 2 is 1.62 bits per heavy atom. The number of ketones is 1. The van der Waals surface area contributed by atoms with Crippen molar-refractivity contribution in [3.05, 3.63) is 71.8 Å². The average Bonchev–Trinajstić information content (AvgIpc) is 2.93. The minimum absolute atomic E-state index is 0.121. The maximum absolute atomic E-state index is 12.0. The molecule has 2 atom stereocenters. The molecule has 1 heterocycles. The van der Waals surface area contributed by atoms with E-state index >= 15 is 0 Å². The summed E-state index contributed by atoms with van der Waals surface area (Å²) in [4.78, 5) is 14.4. The number of benzene rings is 2. The Labute approximate surface area is 126 Å². The van der Waals surface area contributed by atoms with Crippen molar-refractivity contribution in [2.24, 2.45) is 5.92 Å². The van der Waals surface area contributed by atoms with E-state index in [1.165, 1.54) is 11.1 Å². The highest BCUT2D eigenvalue weighted by molar-refractivity contribution is 5.80. The molecule has 1 aliphatic rings. The molecule has 2 nitrogen and oxygen atoms in total. The normalized spacial score (nSPS) is 22.3. The average molecular weight is 279 g/mol. The van der Waals surface area contributed by atoms with Crippen molar-refractivity contribution in [3.8, 4) is 0 Å². The van der Waals surface area contributed by atoms with E-state index in [0.717, 1.165) is 19.6 Å². The van der Waals surface area contributed by atoms with E-state index in [2.05, 4.69) is 53.4 Å². The zero-order valence-electron chi connectivity index (χ0n) is 12.4. The first-order valence-corrected chi connectivity index (χ1v) is 7.55. The van der Waals surface area contributed by atoms with Gasteiger partial charge >= 0.3 is 0 Å². The minimum atomic E-state index is 0.121. The Morgan fingerprint density at radius 3 is 2.24 bits per heavy atom. The van der Waals surface area contributed by atoms with Gasteiger partial charge in [-0.15, -0.1) is 0 Å². The lowest BCUT2D eigenvalue weighted by Crippen LogP contribution is -2.22. The van der Waals surface area contributed by atoms with Gasteiger partial charge in [-0.25, -0.2) is 0 Å². The van der Waals surface area contributed by atoms with Crippen LogP contribution in [0.4, 0.5) is 0 Å². The van der Waals surface area contributed by atoms with Crippen molar-refractivity contribution < 1.29 is 4.79 Å². The van der Waals surface area contributed by atoms with Crippen LogP contribution >= 0.6 is 0 Å². The van der Waals surface area contributed by atoms with Crippen molar-refractivity contribution in [2.45, 2.75) is 19.4 Å². The van der Waals surface area contributed by atoms with Crippen molar-refractivity contribution >= 4 is 5.78 Å². The summed E-state index contributed by atoms with van der Waals surface area (Å²) in [5.41, 5.74) is 2.60. The van der Waals surface area contributed by atoms with Crippen LogP contribution in [0.25, 0.3) is 0 Å². The van der Waals surface area contributed by atoms with Gasteiger partial charge in [-0.1, -0.05) is 60.7 Å². The zero-order valence-corrected chi connectivity index (χ0v) is 12.4. The molecule has 2 aromatic carbocycles. The molecular formula is C19H21NO. The molecule has 0 spiro atoms. The lowest BCUT2D eigenvalue weighted by Gasteiger charge is -2.16. The maximum Gasteiger partial charge on any atom is 0.134 e. The SMILES string of the molecule is CC(=O)[C@H]1CN(Cc2ccccc2)C[C@@H]1c1ccccc1. The molecule has 1 fully saturated rings. The Morgan fingerprint density at radius 1 is 1.00 bits per heavy atom. The Balaban J connectivity index is 1.77. The van der Waals surface area contributed by atoms with Crippen LogP contribution in [0.2, 0.25) is 0 Å². The molecule has 2 heteroatoms. The van der Waals surface area contributed by atoms with Crippen LogP contribution < -0.4 is 0 Å². The summed E-state index contributed by atoms with van der Waals surface area (Å²) in [6, 6.07) is 20.9. The van der Waals surface area contributed by atoms with Crippen molar-refractivity contribution in [2.75, 3.05) is 13.1 Å². The van der Waals surface area contributed by atoms with Crippen molar-refractivity contribution in [1.82, 2.24) is 4.90 Å². The molecular weight excluding hydrogens is 258 g/mol. The zero-order chi connectivity index (χ0) is 14.7. The van der Waals surface area contributed by atoms with Gasteiger partial charge in [0.25, 0.3) is 0 Å². The van der Waals surface area contributed by atoms with Gasteiger partial charge < -0.3 is 0 Å². The van der Waals surface area contributed by atoms with Gasteiger partial charge in [-0.3, -0.25) is 9.69 Å². The van der Waals surface area contributed by atoms with E-state index in [9.17, 15) is 4.79 Å². The number of hydrogen-bond acceptors (Lipinski definition) is 2. The molecule has 0 amide bonds. The number of rotatable bonds is 4. The molecule has 0 N–H and O–H groups in total. The van der Waals surface area contributed by atoms with Gasteiger partial charge in [0, 0.05) is 31.5 Å². The molecule has 2 aromatic rings. The molecule has 0 aliphatic carbocycles. The van der Waals surface area contributed by atoms with Gasteiger partial charge in [0.15, 0.2) is 0 Å². The third-order valence-electron chi connectivity index (χ3n) is 4.39. The van der Waals surface area contributed by atoms with E-state index in [4.69, 9.17) is 0 Å². The first kappa shape index (κ1) is 14.0. The molecule has 108 valence electrons. The minimum Gasteiger partial charge on any atom is -0.300 e. The van der Waals surface area contributed by atoms with E-state index in [0.29, 0.717) is 11.7 Å². The monoisotopic (exact) mass is 279 g/mol. The number of likely N-dealkylation sites (tertiary alicyclic amines) is 1. The van der Waals surface area contributed by atoms with Crippen LogP contribution in [-0.4, -0.2) is 23.8 Å². The maximum atomic E-state index is 12.0. The van der Waals surface area contributed by atoms with Crippen LogP contribution in [0.5, 0.6) is 0 Å². The summed E-state index contributed by atoms with van der Waals surface area (Å²) in [5.74, 6) is 0.753. The summed E-state index contributed by atoms with van der Waals surface area (Å²) in [5, 5.41) is 0. The molecule has 0 saturated carbocycles. The van der Waals surface area contributed by atoms with E-state index in [-0.39, 0.29) is 5.92 Å². The highest BCUT2D eigenvalue weighted by atomic mass is 16.1. The molecule has 1 saturated heterocycles. The van der Waals surface area contributed by atoms with Crippen LogP contribution in [-0.2, 0) is 11.3 Å². The second-order valence-corrected chi connectivity index (χ2v) is 5.91. The smallest absolute Gasteiger partial charge is 0.134 e. The number of hydrogen-bond donors (Lipinski definition) is 0. The number of nitrogens with zero attached hydrogens (tertiary/aromatic N) is 1. The Kier molecular flexibility index (Phi) is 4.16. The number of Topliss-reactive ketones (excluding diaryl/α,β-unsaturated/α-hetero) is 1. The van der Waals surface area contributed by atoms with Gasteiger partial charge in [0.05, 0.1) is 0 Å². The van der Waals surface area contributed by atoms with Gasteiger partial charge in [-0.2, -0.15) is 0 Å². The second kappa shape index (κ2) is 6.23. The molecule has 3 rings (SSSR count). The first-order chi connectivity index (χ1) is 10.2. The predicted octanol–water partition coefficient (Wildman–Crippen LogP) is 3.49. The first-order valence-electron chi connectivity index (χ1n) is 7.55. The summed E-state index contributed by atoms with van der Waals surface area (Å²) in [7, 11) is 0.